The van der Waals surface area contributed by atoms with Gasteiger partial charge in [0.15, 0.2) is 0 Å². The summed E-state index contributed by atoms with van der Waals surface area (Å²) in [6, 6.07) is 12.9. The molecule has 0 saturated heterocycles. The monoisotopic (exact) mass is 402 g/mol. The lowest BCUT2D eigenvalue weighted by atomic mass is 9.99. The highest BCUT2D eigenvalue weighted by Gasteiger charge is 2.13. The summed E-state index contributed by atoms with van der Waals surface area (Å²) in [5.74, 6) is 0.477. The molecule has 152 valence electrons. The van der Waals surface area contributed by atoms with E-state index in [0.29, 0.717) is 35.7 Å². The lowest BCUT2D eigenvalue weighted by Gasteiger charge is -2.12. The summed E-state index contributed by atoms with van der Waals surface area (Å²) >= 11 is 0. The fraction of sp³-hybridized carbons (Fsp3) is 0.217. The van der Waals surface area contributed by atoms with Gasteiger partial charge in [0.25, 0.3) is 5.56 Å². The number of amides is 1. The van der Waals surface area contributed by atoms with Crippen molar-refractivity contribution in [3.63, 3.8) is 0 Å². The van der Waals surface area contributed by atoms with E-state index in [4.69, 9.17) is 10.00 Å². The standard InChI is InChI=1S/C23H22N4O3/c1-15-20(16(2)26-23(29)21(15)12-24)8-9-22(28)27-18-6-3-7-19(11-18)30-14-17-5-4-10-25-13-17/h3-7,10-11,13H,8-9,14H2,1-2H3,(H,26,29)(H,27,28). The molecule has 0 aliphatic heterocycles. The number of rotatable bonds is 7. The van der Waals surface area contributed by atoms with Crippen LogP contribution in [0.1, 0.15) is 34.4 Å². The van der Waals surface area contributed by atoms with E-state index in [1.807, 2.05) is 30.3 Å². The molecule has 0 aliphatic carbocycles. The first-order chi connectivity index (χ1) is 14.5. The molecule has 3 aromatic rings. The molecule has 1 aromatic carbocycles. The van der Waals surface area contributed by atoms with Gasteiger partial charge in [0, 0.05) is 41.8 Å². The Labute approximate surface area is 174 Å². The van der Waals surface area contributed by atoms with Crippen molar-refractivity contribution in [3.05, 3.63) is 87.1 Å². The summed E-state index contributed by atoms with van der Waals surface area (Å²) in [7, 11) is 0. The Morgan fingerprint density at radius 1 is 1.27 bits per heavy atom. The van der Waals surface area contributed by atoms with E-state index in [9.17, 15) is 9.59 Å². The molecule has 30 heavy (non-hydrogen) atoms. The van der Waals surface area contributed by atoms with Gasteiger partial charge in [-0.15, -0.1) is 0 Å². The maximum absolute atomic E-state index is 12.4. The molecule has 2 heterocycles. The predicted octanol–water partition coefficient (Wildman–Crippen LogP) is 3.41. The molecule has 2 N–H and O–H groups in total. The van der Waals surface area contributed by atoms with Gasteiger partial charge in [-0.05, 0) is 49.6 Å². The van der Waals surface area contributed by atoms with Crippen molar-refractivity contribution in [2.75, 3.05) is 5.32 Å². The van der Waals surface area contributed by atoms with E-state index in [2.05, 4.69) is 15.3 Å². The average molecular weight is 402 g/mol. The molecule has 0 saturated carbocycles. The number of H-pyrrole nitrogens is 1. The number of nitrogens with zero attached hydrogens (tertiary/aromatic N) is 2. The third-order valence-electron chi connectivity index (χ3n) is 4.77. The van der Waals surface area contributed by atoms with Crippen LogP contribution in [-0.2, 0) is 17.8 Å². The van der Waals surface area contributed by atoms with E-state index in [-0.39, 0.29) is 17.9 Å². The summed E-state index contributed by atoms with van der Waals surface area (Å²) in [5, 5.41) is 12.0. The molecular weight excluding hydrogens is 380 g/mol. The number of pyridine rings is 2. The van der Waals surface area contributed by atoms with Gasteiger partial charge in [-0.2, -0.15) is 5.26 Å². The highest BCUT2D eigenvalue weighted by atomic mass is 16.5. The van der Waals surface area contributed by atoms with Crippen molar-refractivity contribution >= 4 is 11.6 Å². The molecule has 7 heteroatoms. The van der Waals surface area contributed by atoms with Crippen molar-refractivity contribution in [2.45, 2.75) is 33.3 Å². The zero-order valence-corrected chi connectivity index (χ0v) is 16.9. The van der Waals surface area contributed by atoms with E-state index in [1.54, 1.807) is 38.4 Å². The molecule has 0 radical (unpaired) electrons. The van der Waals surface area contributed by atoms with E-state index in [1.165, 1.54) is 0 Å². The average Bonchev–Trinajstić information content (AvgIpc) is 2.73. The number of hydrogen-bond acceptors (Lipinski definition) is 5. The number of carbonyl (C=O) groups excluding carboxylic acids is 1. The molecule has 0 fully saturated rings. The van der Waals surface area contributed by atoms with Crippen LogP contribution in [0.4, 0.5) is 5.69 Å². The topological polar surface area (TPSA) is 108 Å². The van der Waals surface area contributed by atoms with E-state index in [0.717, 1.165) is 11.1 Å². The number of nitriles is 1. The largest absolute Gasteiger partial charge is 0.489 e. The van der Waals surface area contributed by atoms with Crippen LogP contribution in [0.2, 0.25) is 0 Å². The van der Waals surface area contributed by atoms with Crippen LogP contribution in [0, 0.1) is 25.2 Å². The molecule has 2 aromatic heterocycles. The zero-order chi connectivity index (χ0) is 21.5. The maximum Gasteiger partial charge on any atom is 0.266 e. The minimum absolute atomic E-state index is 0.0921. The van der Waals surface area contributed by atoms with E-state index >= 15 is 0 Å². The van der Waals surface area contributed by atoms with Crippen LogP contribution < -0.4 is 15.6 Å². The first kappa shape index (κ1) is 20.8. The van der Waals surface area contributed by atoms with Gasteiger partial charge in [0.1, 0.15) is 24.0 Å². The van der Waals surface area contributed by atoms with Gasteiger partial charge in [0.2, 0.25) is 5.91 Å². The number of benzene rings is 1. The Morgan fingerprint density at radius 2 is 2.10 bits per heavy atom. The molecule has 0 spiro atoms. The molecular formula is C23H22N4O3. The first-order valence-corrected chi connectivity index (χ1v) is 9.52. The molecule has 7 nitrogen and oxygen atoms in total. The number of nitrogens with one attached hydrogen (secondary N) is 2. The van der Waals surface area contributed by atoms with Crippen molar-refractivity contribution in [1.29, 1.82) is 5.26 Å². The number of aromatic amines is 1. The van der Waals surface area contributed by atoms with Gasteiger partial charge < -0.3 is 15.0 Å². The second-order valence-electron chi connectivity index (χ2n) is 6.90. The highest BCUT2D eigenvalue weighted by molar-refractivity contribution is 5.91. The second kappa shape index (κ2) is 9.52. The summed E-state index contributed by atoms with van der Waals surface area (Å²) in [6.45, 7) is 3.89. The highest BCUT2D eigenvalue weighted by Crippen LogP contribution is 2.20. The number of aromatic nitrogens is 2. The number of hydrogen-bond donors (Lipinski definition) is 2. The second-order valence-corrected chi connectivity index (χ2v) is 6.90. The molecule has 0 atom stereocenters. The maximum atomic E-state index is 12.4. The number of aryl methyl sites for hydroxylation is 1. The quantitative estimate of drug-likeness (QED) is 0.630. The fourth-order valence-corrected chi connectivity index (χ4v) is 3.20. The summed E-state index contributed by atoms with van der Waals surface area (Å²) in [4.78, 5) is 31.0. The summed E-state index contributed by atoms with van der Waals surface area (Å²) < 4.78 is 5.76. The molecule has 0 unspecified atom stereocenters. The third-order valence-corrected chi connectivity index (χ3v) is 4.77. The van der Waals surface area contributed by atoms with Crippen LogP contribution in [0.5, 0.6) is 5.75 Å². The normalized spacial score (nSPS) is 10.3. The SMILES string of the molecule is Cc1[nH]c(=O)c(C#N)c(C)c1CCC(=O)Nc1cccc(OCc2cccnc2)c1. The Bertz CT molecular complexity index is 1150. The number of carbonyl (C=O) groups is 1. The van der Waals surface area contributed by atoms with Crippen molar-refractivity contribution in [3.8, 4) is 11.8 Å². The van der Waals surface area contributed by atoms with Crippen LogP contribution in [0.3, 0.4) is 0 Å². The fourth-order valence-electron chi connectivity index (χ4n) is 3.20. The van der Waals surface area contributed by atoms with E-state index < -0.39 is 5.56 Å². The number of ether oxygens (including phenoxy) is 1. The van der Waals surface area contributed by atoms with Crippen LogP contribution in [0.15, 0.2) is 53.6 Å². The first-order valence-electron chi connectivity index (χ1n) is 9.52. The van der Waals surface area contributed by atoms with Gasteiger partial charge in [-0.3, -0.25) is 14.6 Å². The lowest BCUT2D eigenvalue weighted by Crippen LogP contribution is -2.18. The molecule has 0 aliphatic rings. The lowest BCUT2D eigenvalue weighted by molar-refractivity contribution is -0.116. The Hall–Kier alpha value is -3.92. The molecule has 0 bridgehead atoms. The molecule has 3 rings (SSSR count). The van der Waals surface area contributed by atoms with Crippen LogP contribution >= 0.6 is 0 Å². The van der Waals surface area contributed by atoms with Crippen molar-refractivity contribution in [1.82, 2.24) is 9.97 Å². The third kappa shape index (κ3) is 5.11. The zero-order valence-electron chi connectivity index (χ0n) is 16.9. The van der Waals surface area contributed by atoms with Crippen molar-refractivity contribution in [2.24, 2.45) is 0 Å². The van der Waals surface area contributed by atoms with Gasteiger partial charge in [-0.1, -0.05) is 12.1 Å². The van der Waals surface area contributed by atoms with Crippen LogP contribution in [0.25, 0.3) is 0 Å². The Morgan fingerprint density at radius 3 is 2.83 bits per heavy atom. The Balaban J connectivity index is 1.61. The molecule has 1 amide bonds. The Kier molecular flexibility index (Phi) is 6.60. The predicted molar refractivity (Wildman–Crippen MR) is 113 cm³/mol. The van der Waals surface area contributed by atoms with Crippen molar-refractivity contribution < 1.29 is 9.53 Å². The van der Waals surface area contributed by atoms with Gasteiger partial charge >= 0.3 is 0 Å². The minimum atomic E-state index is -0.399. The van der Waals surface area contributed by atoms with Crippen LogP contribution in [-0.4, -0.2) is 15.9 Å². The number of anilines is 1. The van der Waals surface area contributed by atoms with Gasteiger partial charge in [0.05, 0.1) is 0 Å². The minimum Gasteiger partial charge on any atom is -0.489 e. The smallest absolute Gasteiger partial charge is 0.266 e. The summed E-state index contributed by atoms with van der Waals surface area (Å²) in [5.41, 5.74) is 3.40. The summed E-state index contributed by atoms with van der Waals surface area (Å²) in [6.07, 6.45) is 4.09. The van der Waals surface area contributed by atoms with Gasteiger partial charge in [-0.25, -0.2) is 0 Å².